The van der Waals surface area contributed by atoms with Crippen LogP contribution in [0.3, 0.4) is 0 Å². The Morgan fingerprint density at radius 3 is 1.36 bits per heavy atom. The van der Waals surface area contributed by atoms with E-state index in [1.807, 2.05) is 133 Å². The van der Waals surface area contributed by atoms with Gasteiger partial charge in [0.15, 0.2) is 0 Å². The highest BCUT2D eigenvalue weighted by Gasteiger charge is 2.30. The van der Waals surface area contributed by atoms with E-state index in [0.29, 0.717) is 36.3 Å². The molecule has 0 saturated heterocycles. The Morgan fingerprint density at radius 1 is 0.574 bits per heavy atom. The molecule has 3 aromatic carbocycles. The van der Waals surface area contributed by atoms with E-state index in [1.54, 1.807) is 12.1 Å². The molecule has 7 heteroatoms. The van der Waals surface area contributed by atoms with Crippen LogP contribution in [-0.4, -0.2) is 49.8 Å². The SMILES string of the molecule is CC(C)(C)NCc1cccc(C(=O)N(Cc2cccc(C(=O)N(Cc3cccc(C(=O)OC(C)(C)C)c3)C(C)(C)C)c2)C(C)(C)C)c1. The number of hydrogen-bond acceptors (Lipinski definition) is 5. The number of hydrogen-bond donors (Lipinski definition) is 1. The number of carbonyl (C=O) groups excluding carboxylic acids is 3. The molecule has 0 fully saturated rings. The van der Waals surface area contributed by atoms with Gasteiger partial charge in [-0.1, -0.05) is 36.4 Å². The number of nitrogens with zero attached hydrogens (tertiary/aromatic N) is 2. The van der Waals surface area contributed by atoms with E-state index >= 15 is 0 Å². The maximum Gasteiger partial charge on any atom is 0.338 e. The second-order valence-electron chi connectivity index (χ2n) is 16.3. The average Bonchev–Trinajstić information content (AvgIpc) is 2.95. The topological polar surface area (TPSA) is 79.0 Å². The second-order valence-corrected chi connectivity index (χ2v) is 16.3. The number of carbonyl (C=O) groups is 3. The summed E-state index contributed by atoms with van der Waals surface area (Å²) in [6.45, 7) is 25.3. The third-order valence-corrected chi connectivity index (χ3v) is 7.52. The molecule has 7 nitrogen and oxygen atoms in total. The van der Waals surface area contributed by atoms with Crippen LogP contribution in [0.25, 0.3) is 0 Å². The maximum absolute atomic E-state index is 14.1. The van der Waals surface area contributed by atoms with Crippen LogP contribution in [0.2, 0.25) is 0 Å². The summed E-state index contributed by atoms with van der Waals surface area (Å²) in [5.41, 5.74) is 2.75. The quantitative estimate of drug-likeness (QED) is 0.237. The van der Waals surface area contributed by atoms with Gasteiger partial charge in [-0.3, -0.25) is 9.59 Å². The number of rotatable bonds is 9. The van der Waals surface area contributed by atoms with Gasteiger partial charge in [0.05, 0.1) is 5.56 Å². The van der Waals surface area contributed by atoms with Gasteiger partial charge in [-0.25, -0.2) is 4.79 Å². The Bertz CT molecular complexity index is 1570. The molecule has 0 aromatic heterocycles. The van der Waals surface area contributed by atoms with Crippen molar-refractivity contribution in [3.63, 3.8) is 0 Å². The van der Waals surface area contributed by atoms with E-state index in [2.05, 4.69) is 26.1 Å². The van der Waals surface area contributed by atoms with Gasteiger partial charge in [0, 0.05) is 47.4 Å². The van der Waals surface area contributed by atoms with Gasteiger partial charge in [-0.2, -0.15) is 0 Å². The predicted octanol–water partition coefficient (Wildman–Crippen LogP) is 8.41. The van der Waals surface area contributed by atoms with Crippen LogP contribution in [0.5, 0.6) is 0 Å². The minimum Gasteiger partial charge on any atom is -0.456 e. The van der Waals surface area contributed by atoms with E-state index < -0.39 is 22.6 Å². The first-order valence-electron chi connectivity index (χ1n) is 16.4. The molecular weight excluding hydrogens is 586 g/mol. The lowest BCUT2D eigenvalue weighted by molar-refractivity contribution is 0.00690. The Hall–Kier alpha value is -3.97. The number of benzene rings is 3. The van der Waals surface area contributed by atoms with E-state index in [1.165, 1.54) is 0 Å². The van der Waals surface area contributed by atoms with Crippen molar-refractivity contribution < 1.29 is 19.1 Å². The highest BCUT2D eigenvalue weighted by molar-refractivity contribution is 5.96. The summed E-state index contributed by atoms with van der Waals surface area (Å²) in [7, 11) is 0. The van der Waals surface area contributed by atoms with Crippen LogP contribution < -0.4 is 5.32 Å². The maximum atomic E-state index is 14.1. The molecular formula is C40H55N3O4. The lowest BCUT2D eigenvalue weighted by atomic mass is 9.99. The van der Waals surface area contributed by atoms with Crippen molar-refractivity contribution in [2.24, 2.45) is 0 Å². The molecule has 2 amide bonds. The van der Waals surface area contributed by atoms with Crippen LogP contribution in [-0.2, 0) is 24.4 Å². The van der Waals surface area contributed by atoms with Gasteiger partial charge >= 0.3 is 5.97 Å². The number of ether oxygens (including phenoxy) is 1. The largest absolute Gasteiger partial charge is 0.456 e. The summed E-state index contributed by atoms with van der Waals surface area (Å²) in [5.74, 6) is -0.588. The first-order valence-corrected chi connectivity index (χ1v) is 16.4. The van der Waals surface area contributed by atoms with Crippen molar-refractivity contribution >= 4 is 17.8 Å². The van der Waals surface area contributed by atoms with E-state index in [0.717, 1.165) is 16.7 Å². The highest BCUT2D eigenvalue weighted by atomic mass is 16.6. The first-order chi connectivity index (χ1) is 21.5. The smallest absolute Gasteiger partial charge is 0.338 e. The highest BCUT2D eigenvalue weighted by Crippen LogP contribution is 2.25. The zero-order chi connectivity index (χ0) is 35.4. The molecule has 0 radical (unpaired) electrons. The zero-order valence-electron chi connectivity index (χ0n) is 30.6. The van der Waals surface area contributed by atoms with Crippen LogP contribution >= 0.6 is 0 Å². The molecule has 0 atom stereocenters. The number of esters is 1. The summed E-state index contributed by atoms with van der Waals surface area (Å²) in [4.78, 5) is 44.5. The van der Waals surface area contributed by atoms with Crippen molar-refractivity contribution in [3.8, 4) is 0 Å². The summed E-state index contributed by atoms with van der Waals surface area (Å²) >= 11 is 0. The molecule has 1 N–H and O–H groups in total. The Balaban J connectivity index is 1.87. The summed E-state index contributed by atoms with van der Waals surface area (Å²) in [6, 6.07) is 22.5. The molecule has 254 valence electrons. The molecule has 0 aliphatic heterocycles. The molecule has 3 rings (SSSR count). The molecule has 0 aliphatic rings. The Labute approximate surface area is 282 Å². The lowest BCUT2D eigenvalue weighted by Crippen LogP contribution is -2.45. The average molecular weight is 642 g/mol. The monoisotopic (exact) mass is 641 g/mol. The van der Waals surface area contributed by atoms with Gasteiger partial charge in [0.1, 0.15) is 5.60 Å². The lowest BCUT2D eigenvalue weighted by Gasteiger charge is -2.37. The van der Waals surface area contributed by atoms with Crippen LogP contribution in [0, 0.1) is 0 Å². The third kappa shape index (κ3) is 11.4. The van der Waals surface area contributed by atoms with E-state index in [4.69, 9.17) is 4.74 Å². The summed E-state index contributed by atoms with van der Waals surface area (Å²) in [6.07, 6.45) is 0. The third-order valence-electron chi connectivity index (χ3n) is 7.52. The molecule has 47 heavy (non-hydrogen) atoms. The molecule has 0 heterocycles. The van der Waals surface area contributed by atoms with E-state index in [9.17, 15) is 14.4 Å². The fourth-order valence-corrected chi connectivity index (χ4v) is 5.02. The normalized spacial score (nSPS) is 12.4. The predicted molar refractivity (Wildman–Crippen MR) is 190 cm³/mol. The molecule has 0 spiro atoms. The molecule has 0 aliphatic carbocycles. The minimum atomic E-state index is -0.605. The van der Waals surface area contributed by atoms with Crippen LogP contribution in [0.15, 0.2) is 72.8 Å². The molecule has 0 bridgehead atoms. The van der Waals surface area contributed by atoms with E-state index in [-0.39, 0.29) is 17.4 Å². The van der Waals surface area contributed by atoms with Crippen molar-refractivity contribution in [1.82, 2.24) is 15.1 Å². The number of amides is 2. The van der Waals surface area contributed by atoms with Crippen LogP contribution in [0.4, 0.5) is 0 Å². The molecule has 0 unspecified atom stereocenters. The van der Waals surface area contributed by atoms with Gasteiger partial charge in [-0.05, 0) is 136 Å². The standard InChI is InChI=1S/C40H55N3O4/c1-37(2,3)41-25-28-16-13-19-31(22-28)34(44)42(38(4,5)6)26-29-17-14-20-32(23-29)35(45)43(39(7,8)9)27-30-18-15-21-33(24-30)36(46)47-40(10,11)12/h13-24,41H,25-27H2,1-12H3. The van der Waals surface area contributed by atoms with Gasteiger partial charge in [0.25, 0.3) is 11.8 Å². The first kappa shape index (κ1) is 37.5. The zero-order valence-corrected chi connectivity index (χ0v) is 30.6. The van der Waals surface area contributed by atoms with Crippen LogP contribution in [0.1, 0.15) is 131 Å². The fourth-order valence-electron chi connectivity index (χ4n) is 5.02. The second kappa shape index (κ2) is 14.4. The van der Waals surface area contributed by atoms with Crippen molar-refractivity contribution in [2.45, 2.75) is 125 Å². The van der Waals surface area contributed by atoms with Crippen molar-refractivity contribution in [1.29, 1.82) is 0 Å². The fraction of sp³-hybridized carbons (Fsp3) is 0.475. The van der Waals surface area contributed by atoms with Crippen molar-refractivity contribution in [2.75, 3.05) is 0 Å². The molecule has 0 saturated carbocycles. The minimum absolute atomic E-state index is 0.0351. The Kier molecular flexibility index (Phi) is 11.5. The number of nitrogens with one attached hydrogen (secondary N) is 1. The van der Waals surface area contributed by atoms with Gasteiger partial charge in [0.2, 0.25) is 0 Å². The summed E-state index contributed by atoms with van der Waals surface area (Å²) in [5, 5.41) is 3.49. The molecule has 3 aromatic rings. The van der Waals surface area contributed by atoms with Gasteiger partial charge in [-0.15, -0.1) is 0 Å². The Morgan fingerprint density at radius 2 is 0.957 bits per heavy atom. The summed E-state index contributed by atoms with van der Waals surface area (Å²) < 4.78 is 5.56. The van der Waals surface area contributed by atoms with Crippen molar-refractivity contribution in [3.05, 3.63) is 106 Å². The van der Waals surface area contributed by atoms with Gasteiger partial charge < -0.3 is 19.9 Å².